The lowest BCUT2D eigenvalue weighted by Crippen LogP contribution is -2.07. The van der Waals surface area contributed by atoms with Gasteiger partial charge < -0.3 is 4.74 Å². The first-order valence-electron chi connectivity index (χ1n) is 4.36. The molecule has 0 spiro atoms. The zero-order valence-electron chi connectivity index (χ0n) is 8.84. The maximum Gasteiger partial charge on any atom is 0.446 e. The van der Waals surface area contributed by atoms with E-state index in [-0.39, 0.29) is 31.4 Å². The van der Waals surface area contributed by atoms with E-state index in [1.54, 1.807) is 28.7 Å². The van der Waals surface area contributed by atoms with Gasteiger partial charge >= 0.3 is 11.5 Å². The lowest BCUT2D eigenvalue weighted by molar-refractivity contribution is -0.0328. The smallest absolute Gasteiger partial charge is 0.446 e. The topological polar surface area (TPSA) is 50.1 Å². The van der Waals surface area contributed by atoms with Crippen molar-refractivity contribution in [2.75, 3.05) is 7.11 Å². The number of nitrogens with zero attached hydrogens (tertiary/aromatic N) is 1. The van der Waals surface area contributed by atoms with Crippen LogP contribution in [0.15, 0.2) is 17.0 Å². The molecule has 0 amide bonds. The number of esters is 1. The molecule has 96 valence electrons. The first kappa shape index (κ1) is 15.1. The average molecular weight is 387 g/mol. The third-order valence-corrected chi connectivity index (χ3v) is 3.87. The number of carbonyl (C=O) groups excluding carboxylic acids is 1. The Labute approximate surface area is 118 Å². The van der Waals surface area contributed by atoms with E-state index in [0.717, 1.165) is 13.2 Å². The molecule has 0 N–H and O–H groups in total. The Morgan fingerprint density at radius 2 is 2.11 bits per heavy atom. The van der Waals surface area contributed by atoms with Crippen molar-refractivity contribution in [3.05, 3.63) is 26.8 Å². The number of halogens is 4. The predicted molar refractivity (Wildman–Crippen MR) is 67.1 cm³/mol. The zero-order valence-corrected chi connectivity index (χ0v) is 11.8. The molecule has 0 aliphatic rings. The second-order valence-corrected chi connectivity index (χ2v) is 5.25. The van der Waals surface area contributed by atoms with Gasteiger partial charge in [-0.15, -0.1) is 0 Å². The molecule has 0 bridgehead atoms. The predicted octanol–water partition coefficient (Wildman–Crippen LogP) is 3.56. The van der Waals surface area contributed by atoms with Crippen LogP contribution in [-0.4, -0.2) is 18.6 Å². The van der Waals surface area contributed by atoms with E-state index in [1.807, 2.05) is 0 Å². The molecule has 8 heteroatoms. The molecule has 0 saturated heterocycles. The fourth-order valence-corrected chi connectivity index (χ4v) is 2.51. The van der Waals surface area contributed by atoms with Crippen molar-refractivity contribution in [3.8, 4) is 6.07 Å². The van der Waals surface area contributed by atoms with E-state index in [9.17, 15) is 18.0 Å². The highest BCUT2D eigenvalue weighted by molar-refractivity contribution is 14.1. The summed E-state index contributed by atoms with van der Waals surface area (Å²) >= 11 is 1.34. The minimum absolute atomic E-state index is 0.0159. The van der Waals surface area contributed by atoms with Gasteiger partial charge in [0.05, 0.1) is 18.2 Å². The van der Waals surface area contributed by atoms with Gasteiger partial charge in [0.25, 0.3) is 0 Å². The van der Waals surface area contributed by atoms with Crippen LogP contribution >= 0.6 is 34.4 Å². The highest BCUT2D eigenvalue weighted by Gasteiger charge is 2.31. The summed E-state index contributed by atoms with van der Waals surface area (Å²) in [5.41, 5.74) is -4.65. The number of ether oxygens (including phenoxy) is 1. The highest BCUT2D eigenvalue weighted by atomic mass is 127. The number of hydrogen-bond donors (Lipinski definition) is 0. The Kier molecular flexibility index (Phi) is 4.86. The molecule has 0 saturated carbocycles. The molecule has 0 unspecified atom stereocenters. The number of alkyl halides is 3. The minimum Gasteiger partial charge on any atom is -0.465 e. The van der Waals surface area contributed by atoms with Crippen LogP contribution in [0.1, 0.15) is 15.9 Å². The van der Waals surface area contributed by atoms with Gasteiger partial charge in [-0.1, -0.05) is 0 Å². The van der Waals surface area contributed by atoms with E-state index in [1.165, 1.54) is 6.07 Å². The summed E-state index contributed by atoms with van der Waals surface area (Å²) in [7, 11) is 1.10. The van der Waals surface area contributed by atoms with E-state index in [2.05, 4.69) is 4.74 Å². The fraction of sp³-hybridized carbons (Fsp3) is 0.200. The van der Waals surface area contributed by atoms with Crippen LogP contribution in [-0.2, 0) is 4.74 Å². The quantitative estimate of drug-likeness (QED) is 0.443. The highest BCUT2D eigenvalue weighted by Crippen LogP contribution is 2.40. The summed E-state index contributed by atoms with van der Waals surface area (Å²) in [6, 6.07) is 3.99. The molecule has 1 rings (SSSR count). The van der Waals surface area contributed by atoms with Gasteiger partial charge in [0.15, 0.2) is 0 Å². The maximum absolute atomic E-state index is 12.3. The summed E-state index contributed by atoms with van der Waals surface area (Å²) in [6.45, 7) is 0. The molecule has 0 atom stereocenters. The first-order chi connectivity index (χ1) is 8.28. The largest absolute Gasteiger partial charge is 0.465 e. The van der Waals surface area contributed by atoms with Crippen molar-refractivity contribution in [3.63, 3.8) is 0 Å². The van der Waals surface area contributed by atoms with Gasteiger partial charge in [-0.3, -0.25) is 0 Å². The standard InChI is InChI=1S/C10H5F3INO2S/c1-17-9(16)6-3-8(18-10(11,12)13)7(14)2-5(6)4-15/h2-3H,1H3. The van der Waals surface area contributed by atoms with Crippen molar-refractivity contribution in [1.29, 1.82) is 5.26 Å². The Bertz CT molecular complexity index is 525. The average Bonchev–Trinajstić information content (AvgIpc) is 2.28. The second-order valence-electron chi connectivity index (χ2n) is 2.98. The molecule has 3 nitrogen and oxygen atoms in total. The third kappa shape index (κ3) is 3.78. The summed E-state index contributed by atoms with van der Waals surface area (Å²) in [5, 5.41) is 8.82. The van der Waals surface area contributed by atoms with Crippen LogP contribution in [0.2, 0.25) is 0 Å². The lowest BCUT2D eigenvalue weighted by atomic mass is 10.1. The summed E-state index contributed by atoms with van der Waals surface area (Å²) in [6.07, 6.45) is 0. The Morgan fingerprint density at radius 1 is 1.50 bits per heavy atom. The summed E-state index contributed by atoms with van der Waals surface area (Å²) < 4.78 is 41.6. The van der Waals surface area contributed by atoms with Crippen LogP contribution in [0.25, 0.3) is 0 Å². The van der Waals surface area contributed by atoms with Crippen molar-refractivity contribution >= 4 is 40.3 Å². The summed E-state index contributed by atoms with van der Waals surface area (Å²) in [4.78, 5) is 11.2. The number of hydrogen-bond acceptors (Lipinski definition) is 4. The molecule has 0 aromatic heterocycles. The third-order valence-electron chi connectivity index (χ3n) is 1.82. The number of carbonyl (C=O) groups is 1. The zero-order chi connectivity index (χ0) is 13.9. The monoisotopic (exact) mass is 387 g/mol. The molecule has 18 heavy (non-hydrogen) atoms. The van der Waals surface area contributed by atoms with Crippen molar-refractivity contribution in [2.45, 2.75) is 10.4 Å². The van der Waals surface area contributed by atoms with Crippen LogP contribution in [0.3, 0.4) is 0 Å². The molecular weight excluding hydrogens is 382 g/mol. The van der Waals surface area contributed by atoms with E-state index in [0.29, 0.717) is 0 Å². The Balaban J connectivity index is 3.31. The first-order valence-corrected chi connectivity index (χ1v) is 6.25. The van der Waals surface area contributed by atoms with Crippen LogP contribution in [0, 0.1) is 14.9 Å². The van der Waals surface area contributed by atoms with E-state index < -0.39 is 11.5 Å². The molecule has 0 heterocycles. The number of rotatable bonds is 2. The van der Waals surface area contributed by atoms with E-state index >= 15 is 0 Å². The van der Waals surface area contributed by atoms with Crippen molar-refractivity contribution < 1.29 is 22.7 Å². The van der Waals surface area contributed by atoms with Crippen LogP contribution in [0.4, 0.5) is 13.2 Å². The number of methoxy groups -OCH3 is 1. The van der Waals surface area contributed by atoms with Gasteiger partial charge in [0.2, 0.25) is 0 Å². The number of thioether (sulfide) groups is 1. The van der Waals surface area contributed by atoms with Gasteiger partial charge in [-0.25, -0.2) is 4.79 Å². The van der Waals surface area contributed by atoms with Crippen molar-refractivity contribution in [2.24, 2.45) is 0 Å². The molecular formula is C10H5F3INO2S. The van der Waals surface area contributed by atoms with E-state index in [4.69, 9.17) is 5.26 Å². The molecule has 0 aliphatic heterocycles. The lowest BCUT2D eigenvalue weighted by Gasteiger charge is -2.10. The normalized spacial score (nSPS) is 10.9. The Hall–Kier alpha value is -0.950. The molecule has 1 aromatic rings. The second kappa shape index (κ2) is 5.79. The molecule has 1 aromatic carbocycles. The fourth-order valence-electron chi connectivity index (χ4n) is 1.13. The van der Waals surface area contributed by atoms with Gasteiger partial charge in [0.1, 0.15) is 6.07 Å². The summed E-state index contributed by atoms with van der Waals surface area (Å²) in [5.74, 6) is -0.841. The van der Waals surface area contributed by atoms with Gasteiger partial charge in [-0.2, -0.15) is 18.4 Å². The SMILES string of the molecule is COC(=O)c1cc(SC(F)(F)F)c(I)cc1C#N. The van der Waals surface area contributed by atoms with Gasteiger partial charge in [0, 0.05) is 8.47 Å². The van der Waals surface area contributed by atoms with Crippen LogP contribution < -0.4 is 0 Å². The number of nitriles is 1. The van der Waals surface area contributed by atoms with Crippen molar-refractivity contribution in [1.82, 2.24) is 0 Å². The minimum atomic E-state index is -4.46. The molecule has 0 fully saturated rings. The number of benzene rings is 1. The maximum atomic E-state index is 12.3. The van der Waals surface area contributed by atoms with Gasteiger partial charge in [-0.05, 0) is 46.5 Å². The van der Waals surface area contributed by atoms with Crippen LogP contribution in [0.5, 0.6) is 0 Å². The molecule has 0 radical (unpaired) electrons. The Morgan fingerprint density at radius 3 is 2.56 bits per heavy atom. The molecule has 0 aliphatic carbocycles.